The van der Waals surface area contributed by atoms with Gasteiger partial charge in [0.15, 0.2) is 0 Å². The molecule has 0 fully saturated rings. The molecule has 18 heavy (non-hydrogen) atoms. The van der Waals surface area contributed by atoms with E-state index in [9.17, 15) is 4.79 Å². The van der Waals surface area contributed by atoms with Gasteiger partial charge in [-0.1, -0.05) is 66.7 Å². The van der Waals surface area contributed by atoms with E-state index < -0.39 is 5.91 Å². The highest BCUT2D eigenvalue weighted by molar-refractivity contribution is 5.86. The Morgan fingerprint density at radius 3 is 1.72 bits per heavy atom. The van der Waals surface area contributed by atoms with Gasteiger partial charge in [-0.2, -0.15) is 0 Å². The van der Waals surface area contributed by atoms with Gasteiger partial charge in [0.05, 0.1) is 0 Å². The molecule has 2 rings (SSSR count). The standard InChI is InChI=1S/C16H15NO/c17-16(18)12-11-15(13-7-3-1-4-8-13)14-9-5-2-6-10-14/h1-12,15H,(H2,17,18). The quantitative estimate of drug-likeness (QED) is 0.816. The van der Waals surface area contributed by atoms with Crippen LogP contribution in [0.15, 0.2) is 72.8 Å². The van der Waals surface area contributed by atoms with Crippen molar-refractivity contribution in [2.45, 2.75) is 5.92 Å². The van der Waals surface area contributed by atoms with E-state index in [-0.39, 0.29) is 5.92 Å². The Hall–Kier alpha value is -2.35. The number of rotatable bonds is 4. The monoisotopic (exact) mass is 237 g/mol. The van der Waals surface area contributed by atoms with E-state index >= 15 is 0 Å². The molecular weight excluding hydrogens is 222 g/mol. The average molecular weight is 237 g/mol. The van der Waals surface area contributed by atoms with Gasteiger partial charge in [-0.3, -0.25) is 4.79 Å². The van der Waals surface area contributed by atoms with Crippen LogP contribution in [0.2, 0.25) is 0 Å². The average Bonchev–Trinajstić information content (AvgIpc) is 2.41. The SMILES string of the molecule is NC(=O)C=CC(c1ccccc1)c1ccccc1. The Kier molecular flexibility index (Phi) is 3.92. The maximum atomic E-state index is 10.9. The molecule has 0 bridgehead atoms. The van der Waals surface area contributed by atoms with Crippen LogP contribution >= 0.6 is 0 Å². The van der Waals surface area contributed by atoms with Gasteiger partial charge in [-0.15, -0.1) is 0 Å². The van der Waals surface area contributed by atoms with Gasteiger partial charge in [0.1, 0.15) is 0 Å². The Morgan fingerprint density at radius 2 is 1.33 bits per heavy atom. The molecule has 2 nitrogen and oxygen atoms in total. The molecule has 0 atom stereocenters. The second-order valence-electron chi connectivity index (χ2n) is 4.06. The highest BCUT2D eigenvalue weighted by Gasteiger charge is 2.09. The summed E-state index contributed by atoms with van der Waals surface area (Å²) >= 11 is 0. The predicted molar refractivity (Wildman–Crippen MR) is 73.1 cm³/mol. The Labute approximate surface area is 107 Å². The third-order valence-corrected chi connectivity index (χ3v) is 2.77. The third kappa shape index (κ3) is 3.08. The minimum absolute atomic E-state index is 0.0555. The van der Waals surface area contributed by atoms with Crippen LogP contribution < -0.4 is 5.73 Å². The molecule has 2 aromatic rings. The summed E-state index contributed by atoms with van der Waals surface area (Å²) in [5.41, 5.74) is 7.45. The zero-order valence-electron chi connectivity index (χ0n) is 9.99. The first kappa shape index (κ1) is 12.1. The number of carbonyl (C=O) groups is 1. The topological polar surface area (TPSA) is 43.1 Å². The molecule has 2 N–H and O–H groups in total. The minimum atomic E-state index is -0.424. The number of amides is 1. The zero-order chi connectivity index (χ0) is 12.8. The number of hydrogen-bond donors (Lipinski definition) is 1. The fraction of sp³-hybridized carbons (Fsp3) is 0.0625. The van der Waals surface area contributed by atoms with Crippen LogP contribution in [0.1, 0.15) is 17.0 Å². The highest BCUT2D eigenvalue weighted by Crippen LogP contribution is 2.25. The normalized spacial score (nSPS) is 10.9. The van der Waals surface area contributed by atoms with Crippen molar-refractivity contribution >= 4 is 5.91 Å². The molecule has 1 amide bonds. The number of benzene rings is 2. The van der Waals surface area contributed by atoms with Gasteiger partial charge in [0.2, 0.25) is 5.91 Å². The Bertz CT molecular complexity index is 492. The van der Waals surface area contributed by atoms with Crippen LogP contribution in [0.5, 0.6) is 0 Å². The summed E-state index contributed by atoms with van der Waals surface area (Å²) in [7, 11) is 0. The molecule has 0 aliphatic heterocycles. The van der Waals surface area contributed by atoms with E-state index in [0.29, 0.717) is 0 Å². The number of hydrogen-bond acceptors (Lipinski definition) is 1. The lowest BCUT2D eigenvalue weighted by molar-refractivity contribution is -0.113. The molecule has 90 valence electrons. The molecule has 0 saturated heterocycles. The second-order valence-corrected chi connectivity index (χ2v) is 4.06. The lowest BCUT2D eigenvalue weighted by atomic mass is 9.91. The van der Waals surface area contributed by atoms with Crippen molar-refractivity contribution in [3.05, 3.63) is 83.9 Å². The van der Waals surface area contributed by atoms with Crippen molar-refractivity contribution in [3.63, 3.8) is 0 Å². The second kappa shape index (κ2) is 5.82. The summed E-state index contributed by atoms with van der Waals surface area (Å²) in [5, 5.41) is 0. The van der Waals surface area contributed by atoms with E-state index in [1.165, 1.54) is 6.08 Å². The largest absolute Gasteiger partial charge is 0.366 e. The van der Waals surface area contributed by atoms with Gasteiger partial charge in [0, 0.05) is 5.92 Å². The summed E-state index contributed by atoms with van der Waals surface area (Å²) in [4.78, 5) is 10.9. The Balaban J connectivity index is 2.38. The fourth-order valence-electron chi connectivity index (χ4n) is 1.93. The predicted octanol–water partition coefficient (Wildman–Crippen LogP) is 2.86. The molecule has 0 spiro atoms. The summed E-state index contributed by atoms with van der Waals surface area (Å²) in [6, 6.07) is 20.1. The molecule has 0 radical (unpaired) electrons. The molecule has 0 aromatic heterocycles. The third-order valence-electron chi connectivity index (χ3n) is 2.77. The van der Waals surface area contributed by atoms with Crippen LogP contribution in [0, 0.1) is 0 Å². The van der Waals surface area contributed by atoms with Gasteiger partial charge in [-0.25, -0.2) is 0 Å². The van der Waals surface area contributed by atoms with Gasteiger partial charge < -0.3 is 5.73 Å². The molecule has 0 saturated carbocycles. The first-order valence-electron chi connectivity index (χ1n) is 5.85. The minimum Gasteiger partial charge on any atom is -0.366 e. The molecule has 0 aliphatic carbocycles. The van der Waals surface area contributed by atoms with Crippen molar-refractivity contribution in [3.8, 4) is 0 Å². The summed E-state index contributed by atoms with van der Waals surface area (Å²) in [6.45, 7) is 0. The fourth-order valence-corrected chi connectivity index (χ4v) is 1.93. The molecule has 0 aliphatic rings. The van der Waals surface area contributed by atoms with Crippen molar-refractivity contribution in [2.75, 3.05) is 0 Å². The molecule has 0 heterocycles. The van der Waals surface area contributed by atoms with Gasteiger partial charge in [0.25, 0.3) is 0 Å². The lowest BCUT2D eigenvalue weighted by Crippen LogP contribution is -2.07. The van der Waals surface area contributed by atoms with Crippen LogP contribution in [-0.4, -0.2) is 5.91 Å². The maximum absolute atomic E-state index is 10.9. The van der Waals surface area contributed by atoms with Crippen LogP contribution in [0.25, 0.3) is 0 Å². The van der Waals surface area contributed by atoms with E-state index in [2.05, 4.69) is 0 Å². The van der Waals surface area contributed by atoms with E-state index in [0.717, 1.165) is 11.1 Å². The molecule has 2 aromatic carbocycles. The molecular formula is C16H15NO. The van der Waals surface area contributed by atoms with Crippen molar-refractivity contribution in [2.24, 2.45) is 5.73 Å². The van der Waals surface area contributed by atoms with Crippen LogP contribution in [0.4, 0.5) is 0 Å². The summed E-state index contributed by atoms with van der Waals surface area (Å²) in [5.74, 6) is -0.369. The lowest BCUT2D eigenvalue weighted by Gasteiger charge is -2.13. The van der Waals surface area contributed by atoms with E-state index in [1.807, 2.05) is 66.7 Å². The van der Waals surface area contributed by atoms with Crippen molar-refractivity contribution in [1.82, 2.24) is 0 Å². The maximum Gasteiger partial charge on any atom is 0.241 e. The van der Waals surface area contributed by atoms with Crippen molar-refractivity contribution < 1.29 is 4.79 Å². The summed E-state index contributed by atoms with van der Waals surface area (Å²) < 4.78 is 0. The smallest absolute Gasteiger partial charge is 0.241 e. The van der Waals surface area contributed by atoms with E-state index in [4.69, 9.17) is 5.73 Å². The molecule has 2 heteroatoms. The van der Waals surface area contributed by atoms with Crippen molar-refractivity contribution in [1.29, 1.82) is 0 Å². The zero-order valence-corrected chi connectivity index (χ0v) is 9.99. The van der Waals surface area contributed by atoms with Gasteiger partial charge >= 0.3 is 0 Å². The first-order valence-corrected chi connectivity index (χ1v) is 5.85. The van der Waals surface area contributed by atoms with Crippen LogP contribution in [0.3, 0.4) is 0 Å². The number of carbonyl (C=O) groups excluding carboxylic acids is 1. The van der Waals surface area contributed by atoms with E-state index in [1.54, 1.807) is 0 Å². The Morgan fingerprint density at radius 1 is 0.889 bits per heavy atom. The molecule has 0 unspecified atom stereocenters. The number of allylic oxidation sites excluding steroid dienone is 1. The van der Waals surface area contributed by atoms with Gasteiger partial charge in [-0.05, 0) is 17.2 Å². The number of nitrogens with two attached hydrogens (primary N) is 1. The van der Waals surface area contributed by atoms with Crippen LogP contribution in [-0.2, 0) is 4.79 Å². The summed E-state index contributed by atoms with van der Waals surface area (Å²) in [6.07, 6.45) is 3.26. The number of primary amides is 1. The first-order chi connectivity index (χ1) is 8.77. The highest BCUT2D eigenvalue weighted by atomic mass is 16.1.